The van der Waals surface area contributed by atoms with Gasteiger partial charge in [-0.2, -0.15) is 0 Å². The first-order chi connectivity index (χ1) is 5.52. The number of rotatable bonds is 2. The Morgan fingerprint density at radius 3 is 2.42 bits per heavy atom. The number of carbonyl (C=O) groups excluding carboxylic acids is 1. The van der Waals surface area contributed by atoms with E-state index in [0.29, 0.717) is 30.7 Å². The molecule has 1 aliphatic rings. The molecule has 12 heavy (non-hydrogen) atoms. The maximum Gasteiger partial charge on any atom is 0.246 e. The Bertz CT molecular complexity index is 179. The van der Waals surface area contributed by atoms with Gasteiger partial charge in [-0.05, 0) is 17.8 Å². The minimum atomic E-state index is -0.132. The molecule has 0 aliphatic carbocycles. The van der Waals surface area contributed by atoms with Crippen LogP contribution in [0.2, 0.25) is 0 Å². The Balaban J connectivity index is 2.51. The van der Waals surface area contributed by atoms with Gasteiger partial charge in [0.25, 0.3) is 0 Å². The van der Waals surface area contributed by atoms with Crippen LogP contribution < -0.4 is 0 Å². The molecule has 0 aromatic rings. The lowest BCUT2D eigenvalue weighted by molar-refractivity contribution is -0.157. The number of hydrogen-bond acceptors (Lipinski definition) is 2. The Hall–Kier alpha value is -0.570. The highest BCUT2D eigenvalue weighted by atomic mass is 16.5. The van der Waals surface area contributed by atoms with E-state index in [1.165, 1.54) is 0 Å². The molecule has 0 spiro atoms. The minimum Gasteiger partial charge on any atom is -0.286 e. The van der Waals surface area contributed by atoms with E-state index in [9.17, 15) is 4.79 Å². The topological polar surface area (TPSA) is 40.5 Å². The first-order valence-corrected chi connectivity index (χ1v) is 4.51. The van der Waals surface area contributed by atoms with Crippen molar-refractivity contribution in [2.75, 3.05) is 6.54 Å². The predicted octanol–water partition coefficient (Wildman–Crippen LogP) is 1.52. The fraction of sp³-hybridized carbons (Fsp3) is 0.889. The highest BCUT2D eigenvalue weighted by Gasteiger charge is 2.33. The number of hydrogen-bond donors (Lipinski definition) is 1. The van der Waals surface area contributed by atoms with E-state index in [2.05, 4.69) is 20.8 Å². The summed E-state index contributed by atoms with van der Waals surface area (Å²) < 4.78 is 0. The first kappa shape index (κ1) is 9.52. The van der Waals surface area contributed by atoms with Gasteiger partial charge >= 0.3 is 0 Å². The summed E-state index contributed by atoms with van der Waals surface area (Å²) in [6.07, 6.45) is 0.510. The molecule has 0 saturated carbocycles. The van der Waals surface area contributed by atoms with E-state index >= 15 is 0 Å². The third-order valence-electron chi connectivity index (χ3n) is 2.93. The van der Waals surface area contributed by atoms with Crippen molar-refractivity contribution < 1.29 is 10.0 Å². The Labute approximate surface area is 73.3 Å². The fourth-order valence-corrected chi connectivity index (χ4v) is 1.61. The molecular formula is C9H17NO2. The van der Waals surface area contributed by atoms with Gasteiger partial charge in [0, 0.05) is 6.42 Å². The fourth-order valence-electron chi connectivity index (χ4n) is 1.61. The molecule has 1 rings (SSSR count). The molecule has 1 amide bonds. The summed E-state index contributed by atoms with van der Waals surface area (Å²) in [5.41, 5.74) is 0. The highest BCUT2D eigenvalue weighted by Crippen LogP contribution is 2.28. The molecule has 1 fully saturated rings. The minimum absolute atomic E-state index is 0.132. The molecule has 3 heteroatoms. The van der Waals surface area contributed by atoms with Crippen LogP contribution >= 0.6 is 0 Å². The van der Waals surface area contributed by atoms with Crippen LogP contribution in [0.1, 0.15) is 27.2 Å². The molecule has 0 aromatic heterocycles. The van der Waals surface area contributed by atoms with E-state index in [4.69, 9.17) is 5.21 Å². The van der Waals surface area contributed by atoms with Gasteiger partial charge in [-0.15, -0.1) is 0 Å². The van der Waals surface area contributed by atoms with Crippen molar-refractivity contribution in [2.45, 2.75) is 27.2 Å². The maximum atomic E-state index is 11.0. The van der Waals surface area contributed by atoms with Crippen molar-refractivity contribution in [3.8, 4) is 0 Å². The third kappa shape index (κ3) is 1.78. The van der Waals surface area contributed by atoms with Crippen LogP contribution in [0.5, 0.6) is 0 Å². The van der Waals surface area contributed by atoms with E-state index in [-0.39, 0.29) is 5.91 Å². The van der Waals surface area contributed by atoms with Crippen LogP contribution in [0.15, 0.2) is 0 Å². The van der Waals surface area contributed by atoms with Crippen LogP contribution in [-0.2, 0) is 4.79 Å². The average Bonchev–Trinajstić information content (AvgIpc) is 2.30. The lowest BCUT2D eigenvalue weighted by atomic mass is 9.84. The molecule has 0 bridgehead atoms. The summed E-state index contributed by atoms with van der Waals surface area (Å²) in [6, 6.07) is 0. The summed E-state index contributed by atoms with van der Waals surface area (Å²) in [6.45, 7) is 6.95. The summed E-state index contributed by atoms with van der Waals surface area (Å²) in [5.74, 6) is 1.29. The van der Waals surface area contributed by atoms with Gasteiger partial charge in [-0.1, -0.05) is 20.8 Å². The second kappa shape index (κ2) is 3.44. The predicted molar refractivity (Wildman–Crippen MR) is 45.6 cm³/mol. The van der Waals surface area contributed by atoms with Gasteiger partial charge in [-0.3, -0.25) is 10.0 Å². The van der Waals surface area contributed by atoms with Crippen molar-refractivity contribution in [1.82, 2.24) is 5.06 Å². The first-order valence-electron chi connectivity index (χ1n) is 4.51. The molecular weight excluding hydrogens is 154 g/mol. The molecule has 1 heterocycles. The van der Waals surface area contributed by atoms with Gasteiger partial charge < -0.3 is 0 Å². The second-order valence-corrected chi connectivity index (χ2v) is 4.04. The van der Waals surface area contributed by atoms with Crippen molar-refractivity contribution in [1.29, 1.82) is 0 Å². The molecule has 0 radical (unpaired) electrons. The zero-order valence-electron chi connectivity index (χ0n) is 7.95. The van der Waals surface area contributed by atoms with E-state index < -0.39 is 0 Å². The molecule has 2 atom stereocenters. The van der Waals surface area contributed by atoms with Crippen LogP contribution in [0, 0.1) is 17.8 Å². The molecule has 1 N–H and O–H groups in total. The van der Waals surface area contributed by atoms with Gasteiger partial charge in [-0.25, -0.2) is 5.06 Å². The van der Waals surface area contributed by atoms with Gasteiger partial charge in [0.05, 0.1) is 6.54 Å². The van der Waals surface area contributed by atoms with E-state index in [1.54, 1.807) is 0 Å². The molecule has 70 valence electrons. The summed E-state index contributed by atoms with van der Waals surface area (Å²) in [5, 5.41) is 9.93. The number of amides is 1. The highest BCUT2D eigenvalue weighted by molar-refractivity contribution is 5.77. The smallest absolute Gasteiger partial charge is 0.246 e. The molecule has 1 aliphatic heterocycles. The quantitative estimate of drug-likeness (QED) is 0.640. The molecule has 1 saturated heterocycles. The number of nitrogens with zero attached hydrogens (tertiary/aromatic N) is 1. The van der Waals surface area contributed by atoms with Crippen LogP contribution in [0.25, 0.3) is 0 Å². The van der Waals surface area contributed by atoms with E-state index in [1.807, 2.05) is 0 Å². The Kier molecular flexibility index (Phi) is 2.73. The zero-order valence-corrected chi connectivity index (χ0v) is 7.95. The van der Waals surface area contributed by atoms with Crippen molar-refractivity contribution in [2.24, 2.45) is 17.8 Å². The largest absolute Gasteiger partial charge is 0.286 e. The average molecular weight is 171 g/mol. The molecule has 0 aromatic carbocycles. The number of carbonyl (C=O) groups is 1. The van der Waals surface area contributed by atoms with Gasteiger partial charge in [0.15, 0.2) is 0 Å². The second-order valence-electron chi connectivity index (χ2n) is 4.04. The summed E-state index contributed by atoms with van der Waals surface area (Å²) >= 11 is 0. The molecule has 3 nitrogen and oxygen atoms in total. The molecule has 2 unspecified atom stereocenters. The summed E-state index contributed by atoms with van der Waals surface area (Å²) in [7, 11) is 0. The van der Waals surface area contributed by atoms with Crippen molar-refractivity contribution in [3.05, 3.63) is 0 Å². The van der Waals surface area contributed by atoms with Crippen molar-refractivity contribution >= 4 is 5.91 Å². The van der Waals surface area contributed by atoms with Crippen LogP contribution in [-0.4, -0.2) is 22.7 Å². The lowest BCUT2D eigenvalue weighted by Crippen LogP contribution is -2.22. The van der Waals surface area contributed by atoms with Crippen LogP contribution in [0.4, 0.5) is 0 Å². The van der Waals surface area contributed by atoms with Crippen LogP contribution in [0.3, 0.4) is 0 Å². The Morgan fingerprint density at radius 1 is 1.50 bits per heavy atom. The normalized spacial score (nSPS) is 26.9. The lowest BCUT2D eigenvalue weighted by Gasteiger charge is -2.21. The van der Waals surface area contributed by atoms with Gasteiger partial charge in [0.2, 0.25) is 5.91 Å². The SMILES string of the molecule is CC(C)C(C)C1CC(=O)N(O)C1. The zero-order chi connectivity index (χ0) is 9.30. The maximum absolute atomic E-state index is 11.0. The van der Waals surface area contributed by atoms with E-state index in [0.717, 1.165) is 5.06 Å². The third-order valence-corrected chi connectivity index (χ3v) is 2.93. The van der Waals surface area contributed by atoms with Crippen molar-refractivity contribution in [3.63, 3.8) is 0 Å². The standard InChI is InChI=1S/C9H17NO2/c1-6(2)7(3)8-4-9(11)10(12)5-8/h6-8,12H,4-5H2,1-3H3. The Morgan fingerprint density at radius 2 is 2.08 bits per heavy atom. The van der Waals surface area contributed by atoms with Gasteiger partial charge in [0.1, 0.15) is 0 Å². The number of hydroxylamine groups is 2. The summed E-state index contributed by atoms with van der Waals surface area (Å²) in [4.78, 5) is 11.0. The monoisotopic (exact) mass is 171 g/mol.